The molecule has 0 spiro atoms. The lowest BCUT2D eigenvalue weighted by molar-refractivity contribution is 0.102. The smallest absolute Gasteiger partial charge is 0.255 e. The summed E-state index contributed by atoms with van der Waals surface area (Å²) < 4.78 is 0.879. The first-order valence-electron chi connectivity index (χ1n) is 5.49. The van der Waals surface area contributed by atoms with Gasteiger partial charge in [0.25, 0.3) is 5.91 Å². The third kappa shape index (κ3) is 2.90. The standard InChI is InChI=1S/C14H13BrN2O/c1-9-7-12(16)5-6-13(9)17-14(18)10-3-2-4-11(15)8-10/h2-8H,16H2,1H3,(H,17,18). The number of carbonyl (C=O) groups is 1. The van der Waals surface area contributed by atoms with E-state index in [1.807, 2.05) is 25.1 Å². The van der Waals surface area contributed by atoms with Gasteiger partial charge < -0.3 is 11.1 Å². The molecule has 2 rings (SSSR count). The van der Waals surface area contributed by atoms with Gasteiger partial charge in [-0.1, -0.05) is 22.0 Å². The lowest BCUT2D eigenvalue weighted by atomic mass is 10.1. The van der Waals surface area contributed by atoms with E-state index in [4.69, 9.17) is 5.73 Å². The van der Waals surface area contributed by atoms with E-state index in [9.17, 15) is 4.79 Å². The van der Waals surface area contributed by atoms with E-state index in [1.165, 1.54) is 0 Å². The van der Waals surface area contributed by atoms with E-state index in [0.29, 0.717) is 11.3 Å². The Hall–Kier alpha value is -1.81. The van der Waals surface area contributed by atoms with E-state index in [2.05, 4.69) is 21.2 Å². The quantitative estimate of drug-likeness (QED) is 0.833. The minimum Gasteiger partial charge on any atom is -0.399 e. The number of hydrogen-bond acceptors (Lipinski definition) is 2. The van der Waals surface area contributed by atoms with Crippen molar-refractivity contribution in [2.75, 3.05) is 11.1 Å². The van der Waals surface area contributed by atoms with Gasteiger partial charge in [-0.25, -0.2) is 0 Å². The Kier molecular flexibility index (Phi) is 3.67. The Morgan fingerprint density at radius 3 is 2.67 bits per heavy atom. The molecule has 3 N–H and O–H groups in total. The SMILES string of the molecule is Cc1cc(N)ccc1NC(=O)c1cccc(Br)c1. The maximum Gasteiger partial charge on any atom is 0.255 e. The van der Waals surface area contributed by atoms with Crippen molar-refractivity contribution in [3.05, 3.63) is 58.1 Å². The number of carbonyl (C=O) groups excluding carboxylic acids is 1. The second kappa shape index (κ2) is 5.23. The number of benzene rings is 2. The zero-order valence-electron chi connectivity index (χ0n) is 9.91. The number of nitrogens with two attached hydrogens (primary N) is 1. The fourth-order valence-electron chi connectivity index (χ4n) is 1.65. The summed E-state index contributed by atoms with van der Waals surface area (Å²) in [6.07, 6.45) is 0. The highest BCUT2D eigenvalue weighted by Gasteiger charge is 2.07. The fourth-order valence-corrected chi connectivity index (χ4v) is 2.05. The molecule has 0 aliphatic carbocycles. The average molecular weight is 305 g/mol. The van der Waals surface area contributed by atoms with Crippen molar-refractivity contribution >= 4 is 33.2 Å². The van der Waals surface area contributed by atoms with Crippen LogP contribution < -0.4 is 11.1 Å². The minimum atomic E-state index is -0.135. The molecule has 0 aliphatic heterocycles. The van der Waals surface area contributed by atoms with E-state index in [-0.39, 0.29) is 5.91 Å². The van der Waals surface area contributed by atoms with Gasteiger partial charge in [-0.15, -0.1) is 0 Å². The monoisotopic (exact) mass is 304 g/mol. The van der Waals surface area contributed by atoms with E-state index in [1.54, 1.807) is 24.3 Å². The topological polar surface area (TPSA) is 55.1 Å². The minimum absolute atomic E-state index is 0.135. The van der Waals surface area contributed by atoms with Crippen LogP contribution in [0.2, 0.25) is 0 Å². The largest absolute Gasteiger partial charge is 0.399 e. The molecule has 0 fully saturated rings. The lowest BCUT2D eigenvalue weighted by Gasteiger charge is -2.09. The van der Waals surface area contributed by atoms with Crippen LogP contribution in [0.1, 0.15) is 15.9 Å². The van der Waals surface area contributed by atoms with Gasteiger partial charge in [0.2, 0.25) is 0 Å². The zero-order chi connectivity index (χ0) is 13.1. The number of nitrogen functional groups attached to an aromatic ring is 1. The predicted molar refractivity (Wildman–Crippen MR) is 77.7 cm³/mol. The summed E-state index contributed by atoms with van der Waals surface area (Å²) in [6, 6.07) is 12.7. The van der Waals surface area contributed by atoms with E-state index in [0.717, 1.165) is 15.7 Å². The molecule has 92 valence electrons. The molecule has 0 unspecified atom stereocenters. The maximum absolute atomic E-state index is 12.0. The van der Waals surface area contributed by atoms with Crippen molar-refractivity contribution < 1.29 is 4.79 Å². The number of nitrogens with one attached hydrogen (secondary N) is 1. The van der Waals surface area contributed by atoms with Crippen LogP contribution in [0.15, 0.2) is 46.9 Å². The van der Waals surface area contributed by atoms with Gasteiger partial charge in [0.1, 0.15) is 0 Å². The van der Waals surface area contributed by atoms with Crippen LogP contribution in [0.3, 0.4) is 0 Å². The number of aryl methyl sites for hydroxylation is 1. The van der Waals surface area contributed by atoms with Gasteiger partial charge in [0.15, 0.2) is 0 Å². The summed E-state index contributed by atoms with van der Waals surface area (Å²) in [7, 11) is 0. The van der Waals surface area contributed by atoms with Crippen molar-refractivity contribution in [1.82, 2.24) is 0 Å². The molecule has 0 heterocycles. The summed E-state index contributed by atoms with van der Waals surface area (Å²) in [5, 5.41) is 2.87. The molecule has 0 saturated carbocycles. The van der Waals surface area contributed by atoms with Crippen LogP contribution in [0.25, 0.3) is 0 Å². The van der Waals surface area contributed by atoms with Gasteiger partial charge in [0.05, 0.1) is 0 Å². The van der Waals surface area contributed by atoms with Gasteiger partial charge in [-0.05, 0) is 48.9 Å². The molecule has 0 aliphatic rings. The third-order valence-corrected chi connectivity index (χ3v) is 3.08. The van der Waals surface area contributed by atoms with E-state index < -0.39 is 0 Å². The van der Waals surface area contributed by atoms with Gasteiger partial charge in [0, 0.05) is 21.4 Å². The highest BCUT2D eigenvalue weighted by molar-refractivity contribution is 9.10. The second-order valence-corrected chi connectivity index (χ2v) is 4.95. The number of anilines is 2. The molecule has 0 atom stereocenters. The molecule has 3 nitrogen and oxygen atoms in total. The third-order valence-electron chi connectivity index (χ3n) is 2.59. The molecule has 2 aromatic rings. The first kappa shape index (κ1) is 12.6. The van der Waals surface area contributed by atoms with Crippen LogP contribution in [0.4, 0.5) is 11.4 Å². The van der Waals surface area contributed by atoms with E-state index >= 15 is 0 Å². The van der Waals surface area contributed by atoms with Crippen molar-refractivity contribution in [3.63, 3.8) is 0 Å². The van der Waals surface area contributed by atoms with Crippen LogP contribution in [-0.4, -0.2) is 5.91 Å². The van der Waals surface area contributed by atoms with Crippen molar-refractivity contribution in [2.24, 2.45) is 0 Å². The molecule has 2 aromatic carbocycles. The molecule has 0 bridgehead atoms. The summed E-state index contributed by atoms with van der Waals surface area (Å²) in [5.74, 6) is -0.135. The highest BCUT2D eigenvalue weighted by Crippen LogP contribution is 2.19. The first-order chi connectivity index (χ1) is 8.56. The van der Waals surface area contributed by atoms with Crippen LogP contribution >= 0.6 is 15.9 Å². The summed E-state index contributed by atoms with van der Waals surface area (Å²) in [5.41, 5.74) is 8.69. The number of rotatable bonds is 2. The number of hydrogen-bond donors (Lipinski definition) is 2. The van der Waals surface area contributed by atoms with Crippen LogP contribution in [-0.2, 0) is 0 Å². The zero-order valence-corrected chi connectivity index (χ0v) is 11.5. The Labute approximate surface area is 114 Å². The predicted octanol–water partition coefficient (Wildman–Crippen LogP) is 3.59. The molecular formula is C14H13BrN2O. The van der Waals surface area contributed by atoms with Gasteiger partial charge in [-0.2, -0.15) is 0 Å². The lowest BCUT2D eigenvalue weighted by Crippen LogP contribution is -2.12. The Balaban J connectivity index is 2.21. The average Bonchev–Trinajstić information content (AvgIpc) is 2.32. The molecule has 1 amide bonds. The van der Waals surface area contributed by atoms with Crippen molar-refractivity contribution in [2.45, 2.75) is 6.92 Å². The highest BCUT2D eigenvalue weighted by atomic mass is 79.9. The van der Waals surface area contributed by atoms with Crippen molar-refractivity contribution in [3.8, 4) is 0 Å². The molecule has 0 radical (unpaired) electrons. The second-order valence-electron chi connectivity index (χ2n) is 4.04. The summed E-state index contributed by atoms with van der Waals surface area (Å²) >= 11 is 3.34. The first-order valence-corrected chi connectivity index (χ1v) is 6.28. The molecular weight excluding hydrogens is 292 g/mol. The van der Waals surface area contributed by atoms with Crippen LogP contribution in [0, 0.1) is 6.92 Å². The van der Waals surface area contributed by atoms with Crippen molar-refractivity contribution in [1.29, 1.82) is 0 Å². The van der Waals surface area contributed by atoms with Crippen LogP contribution in [0.5, 0.6) is 0 Å². The molecule has 0 saturated heterocycles. The molecule has 4 heteroatoms. The van der Waals surface area contributed by atoms with Gasteiger partial charge in [-0.3, -0.25) is 4.79 Å². The molecule has 18 heavy (non-hydrogen) atoms. The maximum atomic E-state index is 12.0. The molecule has 0 aromatic heterocycles. The Bertz CT molecular complexity index is 596. The normalized spacial score (nSPS) is 10.1. The number of amides is 1. The Morgan fingerprint density at radius 2 is 2.00 bits per heavy atom. The number of halogens is 1. The van der Waals surface area contributed by atoms with Gasteiger partial charge >= 0.3 is 0 Å². The Morgan fingerprint density at radius 1 is 1.22 bits per heavy atom. The summed E-state index contributed by atoms with van der Waals surface area (Å²) in [4.78, 5) is 12.0. The fraction of sp³-hybridized carbons (Fsp3) is 0.0714. The summed E-state index contributed by atoms with van der Waals surface area (Å²) in [6.45, 7) is 1.91.